The molecule has 0 saturated carbocycles. The molecule has 1 aromatic carbocycles. The molecule has 116 valence electrons. The maximum absolute atomic E-state index is 12.1. The number of aliphatic hydroxyl groups excluding tert-OH is 1. The summed E-state index contributed by atoms with van der Waals surface area (Å²) in [7, 11) is 0. The van der Waals surface area contributed by atoms with Crippen molar-refractivity contribution in [2.75, 3.05) is 0 Å². The molecule has 1 unspecified atom stereocenters. The molecule has 0 spiro atoms. The van der Waals surface area contributed by atoms with Crippen molar-refractivity contribution in [3.63, 3.8) is 0 Å². The van der Waals surface area contributed by atoms with E-state index in [1.807, 2.05) is 23.1 Å². The smallest absolute Gasteiger partial charge is 0.223 e. The molecule has 2 aromatic rings. The summed E-state index contributed by atoms with van der Waals surface area (Å²) in [4.78, 5) is 14.0. The molecule has 1 atom stereocenters. The van der Waals surface area contributed by atoms with Crippen molar-refractivity contribution in [1.29, 1.82) is 0 Å². The number of furan rings is 1. The molecule has 1 amide bonds. The zero-order valence-electron chi connectivity index (χ0n) is 12.8. The van der Waals surface area contributed by atoms with Crippen molar-refractivity contribution in [2.24, 2.45) is 0 Å². The maximum atomic E-state index is 12.1. The minimum absolute atomic E-state index is 0.214. The van der Waals surface area contributed by atoms with Crippen molar-refractivity contribution in [1.82, 2.24) is 4.90 Å². The second kappa shape index (κ2) is 6.36. The first-order chi connectivity index (χ1) is 10.7. The van der Waals surface area contributed by atoms with Gasteiger partial charge in [0.2, 0.25) is 5.91 Å². The molecule has 0 saturated heterocycles. The largest absolute Gasteiger partial charge is 0.466 e. The van der Waals surface area contributed by atoms with Crippen molar-refractivity contribution in [3.05, 3.63) is 59.0 Å². The Morgan fingerprint density at radius 1 is 1.32 bits per heavy atom. The van der Waals surface area contributed by atoms with Gasteiger partial charge in [0.15, 0.2) is 0 Å². The van der Waals surface area contributed by atoms with E-state index < -0.39 is 6.10 Å². The summed E-state index contributed by atoms with van der Waals surface area (Å²) >= 11 is 0. The normalized spacial score (nSPS) is 14.9. The van der Waals surface area contributed by atoms with Gasteiger partial charge in [0.25, 0.3) is 0 Å². The Balaban J connectivity index is 1.73. The standard InChI is InChI=1S/C18H21NO3/c1-2-3-6-17(20)19-11-14-8-7-13(10-15(14)12-19)18(21)16-5-4-9-22-16/h4-5,7-10,18,21H,2-3,6,11-12H2,1H3. The predicted molar refractivity (Wildman–Crippen MR) is 83.0 cm³/mol. The fraction of sp³-hybridized carbons (Fsp3) is 0.389. The number of amides is 1. The summed E-state index contributed by atoms with van der Waals surface area (Å²) in [5.41, 5.74) is 3.09. The van der Waals surface area contributed by atoms with Crippen LogP contribution in [0.4, 0.5) is 0 Å². The van der Waals surface area contributed by atoms with Crippen molar-refractivity contribution < 1.29 is 14.3 Å². The highest BCUT2D eigenvalue weighted by molar-refractivity contribution is 5.77. The summed E-state index contributed by atoms with van der Waals surface area (Å²) in [5, 5.41) is 10.3. The average molecular weight is 299 g/mol. The Bertz CT molecular complexity index is 648. The van der Waals surface area contributed by atoms with Crippen LogP contribution in [0.3, 0.4) is 0 Å². The van der Waals surface area contributed by atoms with E-state index in [0.29, 0.717) is 25.3 Å². The average Bonchev–Trinajstić information content (AvgIpc) is 3.19. The van der Waals surface area contributed by atoms with Gasteiger partial charge < -0.3 is 14.4 Å². The molecule has 3 rings (SSSR count). The Morgan fingerprint density at radius 3 is 2.86 bits per heavy atom. The molecular weight excluding hydrogens is 278 g/mol. The van der Waals surface area contributed by atoms with E-state index in [2.05, 4.69) is 6.92 Å². The number of rotatable bonds is 5. The van der Waals surface area contributed by atoms with Crippen LogP contribution >= 0.6 is 0 Å². The fourth-order valence-electron chi connectivity index (χ4n) is 2.86. The topological polar surface area (TPSA) is 53.7 Å². The number of hydrogen-bond acceptors (Lipinski definition) is 3. The molecule has 4 heteroatoms. The molecule has 1 aliphatic heterocycles. The van der Waals surface area contributed by atoms with Gasteiger partial charge in [-0.05, 0) is 35.2 Å². The highest BCUT2D eigenvalue weighted by atomic mass is 16.4. The van der Waals surface area contributed by atoms with Gasteiger partial charge in [0.1, 0.15) is 11.9 Å². The number of hydrogen-bond donors (Lipinski definition) is 1. The Hall–Kier alpha value is -2.07. The van der Waals surface area contributed by atoms with Crippen LogP contribution in [-0.4, -0.2) is 15.9 Å². The van der Waals surface area contributed by atoms with Crippen molar-refractivity contribution in [3.8, 4) is 0 Å². The van der Waals surface area contributed by atoms with Crippen LogP contribution in [0.15, 0.2) is 41.0 Å². The molecule has 1 N–H and O–H groups in total. The Labute approximate surface area is 130 Å². The lowest BCUT2D eigenvalue weighted by molar-refractivity contribution is -0.131. The summed E-state index contributed by atoms with van der Waals surface area (Å²) in [6, 6.07) is 9.42. The molecule has 0 bridgehead atoms. The van der Waals surface area contributed by atoms with E-state index in [0.717, 1.165) is 24.0 Å². The van der Waals surface area contributed by atoms with E-state index in [-0.39, 0.29) is 5.91 Å². The molecule has 1 aliphatic rings. The first-order valence-corrected chi connectivity index (χ1v) is 7.80. The monoisotopic (exact) mass is 299 g/mol. The van der Waals surface area contributed by atoms with Crippen LogP contribution in [-0.2, 0) is 17.9 Å². The van der Waals surface area contributed by atoms with Crippen LogP contribution in [0.2, 0.25) is 0 Å². The lowest BCUT2D eigenvalue weighted by atomic mass is 10.0. The van der Waals surface area contributed by atoms with Crippen molar-refractivity contribution in [2.45, 2.75) is 45.4 Å². The number of carbonyl (C=O) groups excluding carboxylic acids is 1. The number of unbranched alkanes of at least 4 members (excludes halogenated alkanes) is 1. The van der Waals surface area contributed by atoms with Crippen molar-refractivity contribution >= 4 is 5.91 Å². The SMILES string of the molecule is CCCCC(=O)N1Cc2ccc(C(O)c3ccco3)cc2C1. The molecule has 0 aliphatic carbocycles. The summed E-state index contributed by atoms with van der Waals surface area (Å²) in [5.74, 6) is 0.750. The van der Waals surface area contributed by atoms with Gasteiger partial charge in [-0.1, -0.05) is 31.5 Å². The zero-order chi connectivity index (χ0) is 15.5. The fourth-order valence-corrected chi connectivity index (χ4v) is 2.86. The van der Waals surface area contributed by atoms with E-state index in [4.69, 9.17) is 4.42 Å². The van der Waals surface area contributed by atoms with Gasteiger partial charge >= 0.3 is 0 Å². The molecule has 22 heavy (non-hydrogen) atoms. The molecule has 4 nitrogen and oxygen atoms in total. The minimum atomic E-state index is -0.759. The van der Waals surface area contributed by atoms with Crippen LogP contribution in [0, 0.1) is 0 Å². The summed E-state index contributed by atoms with van der Waals surface area (Å²) < 4.78 is 5.26. The predicted octanol–water partition coefficient (Wildman–Crippen LogP) is 3.39. The number of nitrogens with zero attached hydrogens (tertiary/aromatic N) is 1. The first kappa shape index (κ1) is 14.9. The first-order valence-electron chi connectivity index (χ1n) is 7.80. The van der Waals surface area contributed by atoms with Crippen LogP contribution < -0.4 is 0 Å². The molecule has 1 aromatic heterocycles. The number of fused-ring (bicyclic) bond motifs is 1. The number of benzene rings is 1. The van der Waals surface area contributed by atoms with E-state index in [1.165, 1.54) is 5.56 Å². The number of aliphatic hydroxyl groups is 1. The minimum Gasteiger partial charge on any atom is -0.466 e. The molecule has 0 fully saturated rings. The highest BCUT2D eigenvalue weighted by Crippen LogP contribution is 2.29. The second-order valence-electron chi connectivity index (χ2n) is 5.80. The van der Waals surface area contributed by atoms with E-state index >= 15 is 0 Å². The highest BCUT2D eigenvalue weighted by Gasteiger charge is 2.24. The third kappa shape index (κ3) is 2.92. The second-order valence-corrected chi connectivity index (χ2v) is 5.80. The lowest BCUT2D eigenvalue weighted by Gasteiger charge is -2.14. The lowest BCUT2D eigenvalue weighted by Crippen LogP contribution is -2.24. The van der Waals surface area contributed by atoms with Gasteiger partial charge in [0.05, 0.1) is 6.26 Å². The van der Waals surface area contributed by atoms with Crippen LogP contribution in [0.5, 0.6) is 0 Å². The van der Waals surface area contributed by atoms with Gasteiger partial charge in [-0.15, -0.1) is 0 Å². The van der Waals surface area contributed by atoms with Gasteiger partial charge in [-0.3, -0.25) is 4.79 Å². The third-order valence-electron chi connectivity index (χ3n) is 4.18. The van der Waals surface area contributed by atoms with E-state index in [9.17, 15) is 9.90 Å². The van der Waals surface area contributed by atoms with Crippen LogP contribution in [0.25, 0.3) is 0 Å². The van der Waals surface area contributed by atoms with Crippen LogP contribution in [0.1, 0.15) is 54.7 Å². The number of carbonyl (C=O) groups is 1. The zero-order valence-corrected chi connectivity index (χ0v) is 12.8. The Kier molecular flexibility index (Phi) is 4.29. The van der Waals surface area contributed by atoms with Gasteiger partial charge in [-0.2, -0.15) is 0 Å². The molecule has 2 heterocycles. The van der Waals surface area contributed by atoms with Gasteiger partial charge in [0, 0.05) is 19.5 Å². The summed E-state index contributed by atoms with van der Waals surface area (Å²) in [6.07, 6.45) is 3.39. The van der Waals surface area contributed by atoms with E-state index in [1.54, 1.807) is 18.4 Å². The molecule has 0 radical (unpaired) electrons. The Morgan fingerprint density at radius 2 is 2.14 bits per heavy atom. The quantitative estimate of drug-likeness (QED) is 0.920. The maximum Gasteiger partial charge on any atom is 0.223 e. The summed E-state index contributed by atoms with van der Waals surface area (Å²) in [6.45, 7) is 3.40. The van der Waals surface area contributed by atoms with Gasteiger partial charge in [-0.25, -0.2) is 0 Å². The third-order valence-corrected chi connectivity index (χ3v) is 4.18. The molecular formula is C18H21NO3.